The van der Waals surface area contributed by atoms with Crippen molar-refractivity contribution in [1.82, 2.24) is 14.9 Å². The number of aromatic amines is 1. The summed E-state index contributed by atoms with van der Waals surface area (Å²) in [5.74, 6) is 0.972. The van der Waals surface area contributed by atoms with E-state index >= 15 is 0 Å². The molecule has 0 saturated heterocycles. The molecule has 4 aromatic rings. The van der Waals surface area contributed by atoms with Crippen LogP contribution in [0.3, 0.4) is 0 Å². The fourth-order valence-corrected chi connectivity index (χ4v) is 4.00. The highest BCUT2D eigenvalue weighted by atomic mass is 79.9. The van der Waals surface area contributed by atoms with Crippen LogP contribution in [0.1, 0.15) is 16.8 Å². The van der Waals surface area contributed by atoms with Crippen molar-refractivity contribution in [2.24, 2.45) is 0 Å². The minimum atomic E-state index is -0.180. The molecule has 7 nitrogen and oxygen atoms in total. The van der Waals surface area contributed by atoms with Crippen molar-refractivity contribution >= 4 is 26.9 Å². The number of benzene rings is 1. The van der Waals surface area contributed by atoms with Gasteiger partial charge in [0.2, 0.25) is 0 Å². The Bertz CT molecular complexity index is 1320. The molecular weight excluding hydrogens is 438 g/mol. The van der Waals surface area contributed by atoms with Gasteiger partial charge in [-0.25, -0.2) is 4.98 Å². The molecule has 0 amide bonds. The lowest BCUT2D eigenvalue weighted by Gasteiger charge is -2.27. The second kappa shape index (κ2) is 7.13. The van der Waals surface area contributed by atoms with Crippen molar-refractivity contribution < 1.29 is 8.83 Å². The molecule has 0 aliphatic carbocycles. The second-order valence-electron chi connectivity index (χ2n) is 7.01. The van der Waals surface area contributed by atoms with Crippen LogP contribution < -0.4 is 11.0 Å². The average molecular weight is 454 g/mol. The summed E-state index contributed by atoms with van der Waals surface area (Å²) in [6.07, 6.45) is 3.68. The van der Waals surface area contributed by atoms with Gasteiger partial charge < -0.3 is 13.8 Å². The predicted molar refractivity (Wildman–Crippen MR) is 111 cm³/mol. The zero-order valence-corrected chi connectivity index (χ0v) is 16.9. The van der Waals surface area contributed by atoms with Crippen molar-refractivity contribution in [1.29, 1.82) is 0 Å². The topological polar surface area (TPSA) is 92.3 Å². The van der Waals surface area contributed by atoms with Gasteiger partial charge in [-0.3, -0.25) is 14.5 Å². The molecule has 0 spiro atoms. The van der Waals surface area contributed by atoms with Crippen molar-refractivity contribution in [2.45, 2.75) is 19.5 Å². The van der Waals surface area contributed by atoms with E-state index in [9.17, 15) is 9.59 Å². The molecule has 0 unspecified atom stereocenters. The number of nitrogens with zero attached hydrogens (tertiary/aromatic N) is 2. The largest absolute Gasteiger partial charge is 0.464 e. The first-order chi connectivity index (χ1) is 14.1. The number of furan rings is 1. The minimum Gasteiger partial charge on any atom is -0.464 e. The first-order valence-corrected chi connectivity index (χ1v) is 9.96. The maximum absolute atomic E-state index is 12.8. The van der Waals surface area contributed by atoms with E-state index in [0.29, 0.717) is 59.7 Å². The molecule has 0 radical (unpaired) electrons. The highest BCUT2D eigenvalue weighted by Crippen LogP contribution is 2.21. The maximum Gasteiger partial charge on any atom is 0.256 e. The molecule has 0 bridgehead atoms. The van der Waals surface area contributed by atoms with Crippen molar-refractivity contribution in [3.8, 4) is 11.6 Å². The molecule has 1 aromatic carbocycles. The Hall–Kier alpha value is -2.97. The highest BCUT2D eigenvalue weighted by Gasteiger charge is 2.23. The van der Waals surface area contributed by atoms with Gasteiger partial charge in [0.05, 0.1) is 29.2 Å². The second-order valence-corrected chi connectivity index (χ2v) is 7.92. The van der Waals surface area contributed by atoms with Crippen LogP contribution in [0.15, 0.2) is 65.8 Å². The van der Waals surface area contributed by atoms with Gasteiger partial charge in [0.15, 0.2) is 17.0 Å². The van der Waals surface area contributed by atoms with Crippen LogP contribution >= 0.6 is 15.9 Å². The molecule has 8 heteroatoms. The van der Waals surface area contributed by atoms with Gasteiger partial charge in [-0.05, 0) is 30.3 Å². The van der Waals surface area contributed by atoms with Gasteiger partial charge in [-0.15, -0.1) is 0 Å². The zero-order chi connectivity index (χ0) is 20.0. The number of halogens is 1. The van der Waals surface area contributed by atoms with Crippen LogP contribution in [0.5, 0.6) is 0 Å². The van der Waals surface area contributed by atoms with Gasteiger partial charge in [-0.1, -0.05) is 15.9 Å². The summed E-state index contributed by atoms with van der Waals surface area (Å²) in [7, 11) is 0. The number of rotatable bonds is 3. The summed E-state index contributed by atoms with van der Waals surface area (Å²) in [6, 6.07) is 8.88. The Morgan fingerprint density at radius 3 is 2.93 bits per heavy atom. The molecule has 3 aromatic heterocycles. The van der Waals surface area contributed by atoms with Gasteiger partial charge in [0.1, 0.15) is 5.58 Å². The molecule has 0 saturated carbocycles. The van der Waals surface area contributed by atoms with E-state index in [1.807, 2.05) is 6.07 Å². The van der Waals surface area contributed by atoms with Gasteiger partial charge >= 0.3 is 0 Å². The number of nitrogens with one attached hydrogen (secondary N) is 1. The van der Waals surface area contributed by atoms with Crippen molar-refractivity contribution in [3.63, 3.8) is 0 Å². The molecule has 146 valence electrons. The Morgan fingerprint density at radius 1 is 1.21 bits per heavy atom. The predicted octanol–water partition coefficient (Wildman–Crippen LogP) is 3.46. The summed E-state index contributed by atoms with van der Waals surface area (Å²) in [6.45, 7) is 1.52. The molecule has 4 heterocycles. The zero-order valence-electron chi connectivity index (χ0n) is 15.3. The maximum atomic E-state index is 12.8. The molecule has 5 rings (SSSR count). The Morgan fingerprint density at radius 2 is 2.10 bits per heavy atom. The summed E-state index contributed by atoms with van der Waals surface area (Å²) in [5.41, 5.74) is 2.28. The quantitative estimate of drug-likeness (QED) is 0.510. The number of H-pyrrole nitrogens is 1. The smallest absolute Gasteiger partial charge is 0.256 e. The minimum absolute atomic E-state index is 0.0569. The van der Waals surface area contributed by atoms with Gasteiger partial charge in [-0.2, -0.15) is 0 Å². The first kappa shape index (κ1) is 18.1. The molecule has 1 aliphatic heterocycles. The van der Waals surface area contributed by atoms with Crippen LogP contribution in [0.25, 0.3) is 22.6 Å². The van der Waals surface area contributed by atoms with Crippen molar-refractivity contribution in [3.05, 3.63) is 84.7 Å². The van der Waals surface area contributed by atoms with Crippen LogP contribution in [0.2, 0.25) is 0 Å². The van der Waals surface area contributed by atoms with Crippen LogP contribution in [-0.2, 0) is 19.5 Å². The van der Waals surface area contributed by atoms with Gasteiger partial charge in [0, 0.05) is 36.1 Å². The number of hydrogen-bond donors (Lipinski definition) is 1. The standard InChI is InChI=1S/C21H16BrN3O4/c22-13-3-4-17-14(8-13)19(26)12(11-29-17)9-25-6-5-16-15(10-25)21(27)24-20(23-16)18-2-1-7-28-18/h1-4,7-8,11H,5-6,9-10H2,(H,23,24,27). The van der Waals surface area contributed by atoms with E-state index in [1.165, 1.54) is 6.26 Å². The third-order valence-corrected chi connectivity index (χ3v) is 5.60. The Balaban J connectivity index is 1.43. The van der Waals surface area contributed by atoms with Gasteiger partial charge in [0.25, 0.3) is 5.56 Å². The SMILES string of the molecule is O=c1[nH]c(-c2ccco2)nc2c1CN(Cc1coc3ccc(Br)cc3c1=O)CC2. The fourth-order valence-electron chi connectivity index (χ4n) is 3.64. The lowest BCUT2D eigenvalue weighted by Crippen LogP contribution is -2.36. The normalized spacial score (nSPS) is 14.2. The van der Waals surface area contributed by atoms with Crippen LogP contribution in [0, 0.1) is 0 Å². The third kappa shape index (κ3) is 3.34. The molecular formula is C21H16BrN3O4. The Labute approximate surface area is 173 Å². The molecule has 0 atom stereocenters. The first-order valence-electron chi connectivity index (χ1n) is 9.17. The number of hydrogen-bond acceptors (Lipinski definition) is 6. The summed E-state index contributed by atoms with van der Waals surface area (Å²) in [5, 5.41) is 0.539. The monoisotopic (exact) mass is 453 g/mol. The summed E-state index contributed by atoms with van der Waals surface area (Å²) in [4.78, 5) is 34.9. The number of fused-ring (bicyclic) bond motifs is 2. The average Bonchev–Trinajstić information content (AvgIpc) is 3.26. The van der Waals surface area contributed by atoms with Crippen LogP contribution in [-0.4, -0.2) is 21.4 Å². The molecule has 0 fully saturated rings. The van der Waals surface area contributed by atoms with Crippen LogP contribution in [0.4, 0.5) is 0 Å². The van der Waals surface area contributed by atoms with E-state index in [0.717, 1.165) is 10.2 Å². The van der Waals surface area contributed by atoms with E-state index < -0.39 is 0 Å². The number of aromatic nitrogens is 2. The van der Waals surface area contributed by atoms with E-state index in [2.05, 4.69) is 30.8 Å². The molecule has 29 heavy (non-hydrogen) atoms. The highest BCUT2D eigenvalue weighted by molar-refractivity contribution is 9.10. The van der Waals surface area contributed by atoms with Crippen molar-refractivity contribution in [2.75, 3.05) is 6.54 Å². The third-order valence-electron chi connectivity index (χ3n) is 5.10. The lowest BCUT2D eigenvalue weighted by molar-refractivity contribution is 0.239. The van der Waals surface area contributed by atoms with E-state index in [1.54, 1.807) is 30.5 Å². The van der Waals surface area contributed by atoms with E-state index in [4.69, 9.17) is 8.83 Å². The Kier molecular flexibility index (Phi) is 4.44. The lowest BCUT2D eigenvalue weighted by atomic mass is 10.1. The molecule has 1 aliphatic rings. The molecule has 1 N–H and O–H groups in total. The summed E-state index contributed by atoms with van der Waals surface area (Å²) < 4.78 is 11.8. The van der Waals surface area contributed by atoms with E-state index in [-0.39, 0.29) is 11.0 Å². The fraction of sp³-hybridized carbons (Fsp3) is 0.190. The summed E-state index contributed by atoms with van der Waals surface area (Å²) >= 11 is 3.39.